The van der Waals surface area contributed by atoms with Crippen molar-refractivity contribution in [1.29, 1.82) is 0 Å². The quantitative estimate of drug-likeness (QED) is 0.473. The van der Waals surface area contributed by atoms with Gasteiger partial charge in [-0.25, -0.2) is 0 Å². The molecule has 0 amide bonds. The molecule has 0 fully saturated rings. The third-order valence-corrected chi connectivity index (χ3v) is 1.33. The second-order valence-corrected chi connectivity index (χ2v) is 2.31. The predicted molar refractivity (Wildman–Crippen MR) is 53.8 cm³/mol. The number of rotatable bonds is 0. The van der Waals surface area contributed by atoms with Crippen LogP contribution in [0.15, 0.2) is 48.6 Å². The molecule has 0 spiro atoms. The molecular weight excluding hydrogens is 144 g/mol. The summed E-state index contributed by atoms with van der Waals surface area (Å²) in [6.45, 7) is 0. The molecule has 0 heteroatoms. The van der Waals surface area contributed by atoms with E-state index in [-0.39, 0.29) is 0 Å². The van der Waals surface area contributed by atoms with E-state index in [0.29, 0.717) is 0 Å². The lowest BCUT2D eigenvalue weighted by Crippen LogP contribution is -1.68. The number of hydrogen-bond acceptors (Lipinski definition) is 0. The third kappa shape index (κ3) is 4.29. The molecule has 1 aliphatic rings. The first-order chi connectivity index (χ1) is 6.00. The Balaban J connectivity index is 2.40. The van der Waals surface area contributed by atoms with E-state index in [1.165, 1.54) is 0 Å². The Hall–Kier alpha value is -1.56. The van der Waals surface area contributed by atoms with Crippen LogP contribution in [0.2, 0.25) is 0 Å². The van der Waals surface area contributed by atoms with Crippen LogP contribution in [0, 0.1) is 25.7 Å². The fraction of sp³-hybridized carbons (Fsp3) is 0. The van der Waals surface area contributed by atoms with Gasteiger partial charge in [0.25, 0.3) is 0 Å². The van der Waals surface area contributed by atoms with Crippen LogP contribution in [0.3, 0.4) is 0 Å². The van der Waals surface area contributed by atoms with E-state index < -0.39 is 0 Å². The molecular formula is C12H12-4. The summed E-state index contributed by atoms with van der Waals surface area (Å²) in [5.41, 5.74) is 0. The van der Waals surface area contributed by atoms with Crippen molar-refractivity contribution in [3.63, 3.8) is 0 Å². The Kier molecular flexibility index (Phi) is 4.39. The van der Waals surface area contributed by atoms with Gasteiger partial charge in [0.15, 0.2) is 0 Å². The summed E-state index contributed by atoms with van der Waals surface area (Å²) in [5.74, 6) is 0. The maximum atomic E-state index is 2.00. The minimum atomic E-state index is 2.00. The molecule has 0 saturated heterocycles. The molecule has 0 nitrogen and oxygen atoms in total. The van der Waals surface area contributed by atoms with Gasteiger partial charge in [-0.3, -0.25) is 74.3 Å². The first-order valence-electron chi connectivity index (χ1n) is 4.00. The van der Waals surface area contributed by atoms with Gasteiger partial charge < -0.3 is 0 Å². The second-order valence-electron chi connectivity index (χ2n) is 2.31. The first kappa shape index (κ1) is 8.54. The normalized spacial score (nSPS) is 26.7. The van der Waals surface area contributed by atoms with Crippen LogP contribution in [0.4, 0.5) is 0 Å². The zero-order valence-corrected chi connectivity index (χ0v) is 6.93. The van der Waals surface area contributed by atoms with Gasteiger partial charge in [0, 0.05) is 0 Å². The smallest absolute Gasteiger partial charge is 0.281 e. The Labute approximate surface area is 75.0 Å². The lowest BCUT2D eigenvalue weighted by atomic mass is 10.2. The largest absolute Gasteiger partial charge is 0.281 e. The molecule has 0 unspecified atom stereocenters. The highest BCUT2D eigenvalue weighted by atomic mass is 13.8. The summed E-state index contributed by atoms with van der Waals surface area (Å²) in [5, 5.41) is 0. The van der Waals surface area contributed by atoms with Gasteiger partial charge in [0.2, 0.25) is 0 Å². The van der Waals surface area contributed by atoms with Crippen molar-refractivity contribution in [3.8, 4) is 0 Å². The Morgan fingerprint density at radius 3 is 0.667 bits per heavy atom. The molecule has 64 valence electrons. The Bertz CT molecular complexity index is 140. The fourth-order valence-electron chi connectivity index (χ4n) is 0.770. The standard InChI is InChI=1S/C12H12/c1-2-4-6-8-10-12-11-9-7-5-3-1/h1-12H/q-4/b2-1-,7-5-,8-6-,12-11-. The fourth-order valence-corrected chi connectivity index (χ4v) is 0.770. The molecule has 0 aromatic heterocycles. The molecule has 12 heavy (non-hydrogen) atoms. The maximum Gasteiger partial charge on any atom is -0.281 e. The molecule has 0 aromatic carbocycles. The summed E-state index contributed by atoms with van der Waals surface area (Å²) >= 11 is 0. The highest BCUT2D eigenvalue weighted by Gasteiger charge is 1.54. The lowest BCUT2D eigenvalue weighted by Gasteiger charge is -2.09. The van der Waals surface area contributed by atoms with E-state index in [4.69, 9.17) is 0 Å². The van der Waals surface area contributed by atoms with Crippen molar-refractivity contribution in [2.75, 3.05) is 0 Å². The molecule has 0 aliphatic heterocycles. The van der Waals surface area contributed by atoms with Crippen molar-refractivity contribution in [1.82, 2.24) is 0 Å². The highest BCUT2D eigenvalue weighted by Crippen LogP contribution is 1.95. The van der Waals surface area contributed by atoms with E-state index in [1.807, 2.05) is 74.3 Å². The van der Waals surface area contributed by atoms with Gasteiger partial charge >= 0.3 is 0 Å². The van der Waals surface area contributed by atoms with Crippen molar-refractivity contribution in [3.05, 3.63) is 74.3 Å². The van der Waals surface area contributed by atoms with Gasteiger partial charge in [-0.05, 0) is 0 Å². The summed E-state index contributed by atoms with van der Waals surface area (Å²) in [6, 6.07) is 0. The predicted octanol–water partition coefficient (Wildman–Crippen LogP) is 3.04. The lowest BCUT2D eigenvalue weighted by molar-refractivity contribution is 1.59. The molecule has 0 radical (unpaired) electrons. The molecule has 0 N–H and O–H groups in total. The van der Waals surface area contributed by atoms with E-state index in [9.17, 15) is 0 Å². The van der Waals surface area contributed by atoms with Crippen molar-refractivity contribution in [2.24, 2.45) is 0 Å². The zero-order chi connectivity index (χ0) is 8.49. The molecule has 0 heterocycles. The van der Waals surface area contributed by atoms with Crippen molar-refractivity contribution < 1.29 is 0 Å². The van der Waals surface area contributed by atoms with Gasteiger partial charge in [-0.15, -0.1) is 0 Å². The monoisotopic (exact) mass is 156 g/mol. The Morgan fingerprint density at radius 2 is 0.500 bits per heavy atom. The maximum absolute atomic E-state index is 2.00. The molecule has 0 bridgehead atoms. The second kappa shape index (κ2) is 6.17. The molecule has 0 atom stereocenters. The van der Waals surface area contributed by atoms with Crippen LogP contribution >= 0.6 is 0 Å². The van der Waals surface area contributed by atoms with Crippen molar-refractivity contribution >= 4 is 0 Å². The van der Waals surface area contributed by atoms with Gasteiger partial charge in [-0.1, -0.05) is 0 Å². The summed E-state index contributed by atoms with van der Waals surface area (Å²) in [4.78, 5) is 0. The number of hydrogen-bond donors (Lipinski definition) is 0. The van der Waals surface area contributed by atoms with Gasteiger partial charge in [0.1, 0.15) is 0 Å². The molecule has 1 rings (SSSR count). The van der Waals surface area contributed by atoms with Gasteiger partial charge in [-0.2, -0.15) is 0 Å². The zero-order valence-electron chi connectivity index (χ0n) is 6.93. The Morgan fingerprint density at radius 1 is 0.333 bits per heavy atom. The molecule has 0 aromatic rings. The first-order valence-corrected chi connectivity index (χ1v) is 4.00. The van der Waals surface area contributed by atoms with Crippen LogP contribution in [-0.4, -0.2) is 0 Å². The summed E-state index contributed by atoms with van der Waals surface area (Å²) in [6.07, 6.45) is 24.0. The van der Waals surface area contributed by atoms with E-state index >= 15 is 0 Å². The topological polar surface area (TPSA) is 0 Å². The van der Waals surface area contributed by atoms with Gasteiger partial charge in [0.05, 0.1) is 0 Å². The summed E-state index contributed by atoms with van der Waals surface area (Å²) < 4.78 is 0. The van der Waals surface area contributed by atoms with Crippen LogP contribution in [-0.2, 0) is 0 Å². The van der Waals surface area contributed by atoms with Crippen LogP contribution in [0.1, 0.15) is 0 Å². The van der Waals surface area contributed by atoms with Crippen LogP contribution < -0.4 is 0 Å². The summed E-state index contributed by atoms with van der Waals surface area (Å²) in [7, 11) is 0. The van der Waals surface area contributed by atoms with E-state index in [1.54, 1.807) is 0 Å². The van der Waals surface area contributed by atoms with E-state index in [0.717, 1.165) is 0 Å². The SMILES string of the molecule is C1=C\[CH-]/C=C\[CH-]/C=C\[CH-]/C=C\[CH-]/1. The minimum absolute atomic E-state index is 2.00. The molecule has 1 aliphatic carbocycles. The molecule has 0 saturated carbocycles. The number of allylic oxidation sites excluding steroid dienone is 8. The van der Waals surface area contributed by atoms with Crippen molar-refractivity contribution in [2.45, 2.75) is 0 Å². The highest BCUT2D eigenvalue weighted by molar-refractivity contribution is 5.24. The average molecular weight is 156 g/mol. The minimum Gasteiger partial charge on any atom is -0.281 e. The van der Waals surface area contributed by atoms with Crippen LogP contribution in [0.25, 0.3) is 0 Å². The third-order valence-electron chi connectivity index (χ3n) is 1.33. The van der Waals surface area contributed by atoms with Crippen LogP contribution in [0.5, 0.6) is 0 Å². The average Bonchev–Trinajstić information content (AvgIpc) is 2.05. The van der Waals surface area contributed by atoms with E-state index in [2.05, 4.69) is 0 Å².